The maximum Gasteiger partial charge on any atom is 0.196 e. The second kappa shape index (κ2) is 6.40. The second-order valence-corrected chi connectivity index (χ2v) is 5.83. The standard InChI is InChI=1S/C20H20O4/c1-12-8-13(2)19-16(9-12)18(21)15(11-24-19)10-14-6-5-7-17(22-3)20(14)23-4/h5-10H,11H2,1-4H3/b15-10+. The lowest BCUT2D eigenvalue weighted by Gasteiger charge is -2.21. The van der Waals surface area contributed by atoms with Gasteiger partial charge in [0.05, 0.1) is 19.8 Å². The van der Waals surface area contributed by atoms with Crippen molar-refractivity contribution < 1.29 is 19.0 Å². The Kier molecular flexibility index (Phi) is 4.30. The molecular weight excluding hydrogens is 304 g/mol. The Bertz CT molecular complexity index is 834. The highest BCUT2D eigenvalue weighted by molar-refractivity contribution is 6.14. The lowest BCUT2D eigenvalue weighted by Crippen LogP contribution is -2.20. The molecule has 0 aromatic heterocycles. The van der Waals surface area contributed by atoms with Crippen LogP contribution in [0, 0.1) is 13.8 Å². The van der Waals surface area contributed by atoms with E-state index in [0.29, 0.717) is 28.4 Å². The van der Waals surface area contributed by atoms with Gasteiger partial charge in [-0.2, -0.15) is 0 Å². The third-order valence-electron chi connectivity index (χ3n) is 4.09. The van der Waals surface area contributed by atoms with Crippen LogP contribution in [0.5, 0.6) is 17.2 Å². The molecule has 1 aliphatic heterocycles. The summed E-state index contributed by atoms with van der Waals surface area (Å²) in [5, 5.41) is 0. The molecule has 24 heavy (non-hydrogen) atoms. The van der Waals surface area contributed by atoms with Gasteiger partial charge in [0.2, 0.25) is 0 Å². The smallest absolute Gasteiger partial charge is 0.196 e. The van der Waals surface area contributed by atoms with E-state index in [1.54, 1.807) is 14.2 Å². The predicted octanol–water partition coefficient (Wildman–Crippen LogP) is 3.98. The summed E-state index contributed by atoms with van der Waals surface area (Å²) in [5.41, 5.74) is 4.03. The van der Waals surface area contributed by atoms with Gasteiger partial charge in [-0.25, -0.2) is 0 Å². The van der Waals surface area contributed by atoms with Crippen LogP contribution in [0.2, 0.25) is 0 Å². The van der Waals surface area contributed by atoms with Crippen molar-refractivity contribution in [3.8, 4) is 17.2 Å². The highest BCUT2D eigenvalue weighted by Crippen LogP contribution is 2.35. The molecule has 0 bridgehead atoms. The number of carbonyl (C=O) groups is 1. The van der Waals surface area contributed by atoms with Crippen LogP contribution in [0.15, 0.2) is 35.9 Å². The number of methoxy groups -OCH3 is 2. The molecule has 0 radical (unpaired) electrons. The van der Waals surface area contributed by atoms with Gasteiger partial charge in [-0.3, -0.25) is 4.79 Å². The molecule has 0 saturated carbocycles. The van der Waals surface area contributed by atoms with Crippen LogP contribution in [-0.4, -0.2) is 26.6 Å². The summed E-state index contributed by atoms with van der Waals surface area (Å²) in [6.07, 6.45) is 1.81. The summed E-state index contributed by atoms with van der Waals surface area (Å²) in [6.45, 7) is 4.18. The van der Waals surface area contributed by atoms with Crippen LogP contribution < -0.4 is 14.2 Å². The van der Waals surface area contributed by atoms with Crippen LogP contribution in [0.4, 0.5) is 0 Å². The molecule has 4 heteroatoms. The second-order valence-electron chi connectivity index (χ2n) is 5.83. The van der Waals surface area contributed by atoms with E-state index >= 15 is 0 Å². The molecule has 0 atom stereocenters. The van der Waals surface area contributed by atoms with E-state index in [0.717, 1.165) is 16.7 Å². The number of ether oxygens (including phenoxy) is 3. The molecule has 1 heterocycles. The molecule has 0 saturated heterocycles. The lowest BCUT2D eigenvalue weighted by molar-refractivity contribution is 0.100. The number of ketones is 1. The van der Waals surface area contributed by atoms with Gasteiger partial charge in [-0.05, 0) is 43.2 Å². The average molecular weight is 324 g/mol. The molecule has 3 rings (SSSR count). The minimum absolute atomic E-state index is 0.00655. The van der Waals surface area contributed by atoms with Gasteiger partial charge in [0, 0.05) is 11.1 Å². The number of rotatable bonds is 3. The Hall–Kier alpha value is -2.75. The van der Waals surface area contributed by atoms with Crippen molar-refractivity contribution in [3.63, 3.8) is 0 Å². The first-order valence-corrected chi connectivity index (χ1v) is 7.75. The number of benzene rings is 2. The molecule has 0 aliphatic carbocycles. The zero-order valence-corrected chi connectivity index (χ0v) is 14.3. The van der Waals surface area contributed by atoms with Gasteiger partial charge in [-0.1, -0.05) is 18.2 Å². The molecule has 0 N–H and O–H groups in total. The summed E-state index contributed by atoms with van der Waals surface area (Å²) in [4.78, 5) is 12.9. The fraction of sp³-hybridized carbons (Fsp3) is 0.250. The zero-order valence-electron chi connectivity index (χ0n) is 14.3. The van der Waals surface area contributed by atoms with E-state index in [9.17, 15) is 4.79 Å². The minimum Gasteiger partial charge on any atom is -0.493 e. The number of hydrogen-bond donors (Lipinski definition) is 0. The van der Waals surface area contributed by atoms with Crippen LogP contribution >= 0.6 is 0 Å². The Morgan fingerprint density at radius 2 is 1.92 bits per heavy atom. The molecule has 0 fully saturated rings. The summed E-state index contributed by atoms with van der Waals surface area (Å²) < 4.78 is 16.6. The van der Waals surface area contributed by atoms with Gasteiger partial charge in [-0.15, -0.1) is 0 Å². The van der Waals surface area contributed by atoms with Crippen molar-refractivity contribution in [2.45, 2.75) is 13.8 Å². The number of fused-ring (bicyclic) bond motifs is 1. The van der Waals surface area contributed by atoms with Crippen molar-refractivity contribution in [3.05, 3.63) is 58.2 Å². The Labute approximate surface area is 141 Å². The van der Waals surface area contributed by atoms with E-state index in [4.69, 9.17) is 14.2 Å². The normalized spacial score (nSPS) is 15.0. The Morgan fingerprint density at radius 1 is 1.12 bits per heavy atom. The van der Waals surface area contributed by atoms with Gasteiger partial charge in [0.25, 0.3) is 0 Å². The van der Waals surface area contributed by atoms with E-state index in [-0.39, 0.29) is 12.4 Å². The largest absolute Gasteiger partial charge is 0.493 e. The topological polar surface area (TPSA) is 44.8 Å². The Balaban J connectivity index is 2.06. The van der Waals surface area contributed by atoms with E-state index in [1.807, 2.05) is 50.3 Å². The summed E-state index contributed by atoms with van der Waals surface area (Å²) in [5.74, 6) is 1.91. The van der Waals surface area contributed by atoms with Crippen LogP contribution in [0.3, 0.4) is 0 Å². The zero-order chi connectivity index (χ0) is 17.3. The van der Waals surface area contributed by atoms with E-state index in [1.165, 1.54) is 0 Å². The van der Waals surface area contributed by atoms with Gasteiger partial charge < -0.3 is 14.2 Å². The third-order valence-corrected chi connectivity index (χ3v) is 4.09. The molecule has 2 aromatic rings. The summed E-state index contributed by atoms with van der Waals surface area (Å²) >= 11 is 0. The molecule has 1 aliphatic rings. The van der Waals surface area contributed by atoms with E-state index < -0.39 is 0 Å². The van der Waals surface area contributed by atoms with Crippen molar-refractivity contribution in [1.29, 1.82) is 0 Å². The molecule has 0 spiro atoms. The van der Waals surface area contributed by atoms with E-state index in [2.05, 4.69) is 0 Å². The van der Waals surface area contributed by atoms with Gasteiger partial charge in [0.15, 0.2) is 17.3 Å². The minimum atomic E-state index is -0.00655. The van der Waals surface area contributed by atoms with Crippen LogP contribution in [-0.2, 0) is 0 Å². The summed E-state index contributed by atoms with van der Waals surface area (Å²) in [6, 6.07) is 9.47. The maximum absolute atomic E-state index is 12.9. The molecule has 0 unspecified atom stereocenters. The van der Waals surface area contributed by atoms with Crippen molar-refractivity contribution in [2.75, 3.05) is 20.8 Å². The summed E-state index contributed by atoms with van der Waals surface area (Å²) in [7, 11) is 3.17. The van der Waals surface area contributed by atoms with Gasteiger partial charge in [0.1, 0.15) is 12.4 Å². The average Bonchev–Trinajstić information content (AvgIpc) is 2.57. The van der Waals surface area contributed by atoms with Crippen molar-refractivity contribution in [2.24, 2.45) is 0 Å². The Morgan fingerprint density at radius 3 is 2.62 bits per heavy atom. The quantitative estimate of drug-likeness (QED) is 0.801. The first-order chi connectivity index (χ1) is 11.5. The molecule has 4 nitrogen and oxygen atoms in total. The monoisotopic (exact) mass is 324 g/mol. The third kappa shape index (κ3) is 2.75. The highest BCUT2D eigenvalue weighted by Gasteiger charge is 2.25. The lowest BCUT2D eigenvalue weighted by atomic mass is 9.94. The molecule has 2 aromatic carbocycles. The van der Waals surface area contributed by atoms with Crippen LogP contribution in [0.1, 0.15) is 27.0 Å². The van der Waals surface area contributed by atoms with Gasteiger partial charge >= 0.3 is 0 Å². The SMILES string of the molecule is COc1cccc(/C=C2\COc3c(C)cc(C)cc3C2=O)c1OC. The number of Topliss-reactive ketones (excluding diaryl/α,β-unsaturated/α-hetero) is 1. The molecular formula is C20H20O4. The molecule has 0 amide bonds. The predicted molar refractivity (Wildman–Crippen MR) is 93.3 cm³/mol. The van der Waals surface area contributed by atoms with Crippen LogP contribution in [0.25, 0.3) is 6.08 Å². The number of carbonyl (C=O) groups excluding carboxylic acids is 1. The van der Waals surface area contributed by atoms with Crippen molar-refractivity contribution in [1.82, 2.24) is 0 Å². The number of para-hydroxylation sites is 1. The number of aryl methyl sites for hydroxylation is 2. The molecule has 124 valence electrons. The highest BCUT2D eigenvalue weighted by atomic mass is 16.5. The van der Waals surface area contributed by atoms with Crippen molar-refractivity contribution >= 4 is 11.9 Å². The maximum atomic E-state index is 12.9. The fourth-order valence-electron chi connectivity index (χ4n) is 3.02. The fourth-order valence-corrected chi connectivity index (χ4v) is 3.02. The number of hydrogen-bond acceptors (Lipinski definition) is 4. The first-order valence-electron chi connectivity index (χ1n) is 7.75. The first kappa shape index (κ1) is 16.1.